The molecule has 0 aliphatic carbocycles. The lowest BCUT2D eigenvalue weighted by atomic mass is 10.1. The molecule has 0 radical (unpaired) electrons. The summed E-state index contributed by atoms with van der Waals surface area (Å²) in [5.74, 6) is 1.96. The van der Waals surface area contributed by atoms with Gasteiger partial charge in [-0.15, -0.1) is 0 Å². The number of rotatable bonds is 8. The number of likely N-dealkylation sites (N-methyl/N-ethyl adjacent to an activating group) is 1. The molecule has 4 rings (SSSR count). The molecule has 2 N–H and O–H groups in total. The third-order valence-electron chi connectivity index (χ3n) is 6.48. The highest BCUT2D eigenvalue weighted by molar-refractivity contribution is 5.94. The Balaban J connectivity index is 1.42. The molecular weight excluding hydrogens is 432 g/mol. The highest BCUT2D eigenvalue weighted by atomic mass is 16.5. The fraction of sp³-hybridized carbons (Fsp3) is 0.440. The van der Waals surface area contributed by atoms with Crippen LogP contribution in [0, 0.1) is 0 Å². The molecule has 9 nitrogen and oxygen atoms in total. The summed E-state index contributed by atoms with van der Waals surface area (Å²) in [7, 11) is 5.27. The first-order chi connectivity index (χ1) is 16.5. The number of aromatic nitrogens is 2. The molecule has 1 aromatic carbocycles. The number of hydrogen-bond donors (Lipinski definition) is 2. The summed E-state index contributed by atoms with van der Waals surface area (Å²) in [5.41, 5.74) is 2.76. The number of nitrogens with one attached hydrogen (secondary N) is 2. The van der Waals surface area contributed by atoms with Crippen molar-refractivity contribution in [3.05, 3.63) is 36.5 Å². The van der Waals surface area contributed by atoms with Crippen LogP contribution in [-0.2, 0) is 7.05 Å². The van der Waals surface area contributed by atoms with Gasteiger partial charge in [-0.05, 0) is 30.8 Å². The van der Waals surface area contributed by atoms with Crippen LogP contribution >= 0.6 is 0 Å². The van der Waals surface area contributed by atoms with Gasteiger partial charge in [-0.25, -0.2) is 9.78 Å². The van der Waals surface area contributed by atoms with Gasteiger partial charge < -0.3 is 24.3 Å². The number of piperazine rings is 1. The van der Waals surface area contributed by atoms with Gasteiger partial charge in [0.1, 0.15) is 17.3 Å². The number of anilines is 1. The van der Waals surface area contributed by atoms with Crippen LogP contribution in [0.2, 0.25) is 0 Å². The Morgan fingerprint density at radius 2 is 1.74 bits per heavy atom. The van der Waals surface area contributed by atoms with Crippen molar-refractivity contribution < 1.29 is 14.3 Å². The number of pyridine rings is 1. The highest BCUT2D eigenvalue weighted by Crippen LogP contribution is 2.40. The molecule has 1 aliphatic heterocycles. The zero-order valence-corrected chi connectivity index (χ0v) is 20.4. The molecule has 0 saturated carbocycles. The summed E-state index contributed by atoms with van der Waals surface area (Å²) in [5, 5.41) is 6.76. The summed E-state index contributed by atoms with van der Waals surface area (Å²) >= 11 is 0. The van der Waals surface area contributed by atoms with E-state index >= 15 is 0 Å². The summed E-state index contributed by atoms with van der Waals surface area (Å²) in [6.07, 6.45) is 1.77. The Kier molecular flexibility index (Phi) is 7.54. The molecule has 0 atom stereocenters. The maximum Gasteiger partial charge on any atom is 0.320 e. The van der Waals surface area contributed by atoms with E-state index < -0.39 is 0 Å². The van der Waals surface area contributed by atoms with Crippen molar-refractivity contribution in [3.8, 4) is 22.8 Å². The smallest absolute Gasteiger partial charge is 0.320 e. The molecule has 2 aromatic heterocycles. The minimum Gasteiger partial charge on any atom is -0.496 e. The number of aryl methyl sites for hydroxylation is 1. The van der Waals surface area contributed by atoms with Crippen molar-refractivity contribution in [3.63, 3.8) is 0 Å². The van der Waals surface area contributed by atoms with Crippen LogP contribution in [0.25, 0.3) is 22.2 Å². The van der Waals surface area contributed by atoms with E-state index in [4.69, 9.17) is 9.47 Å². The number of carbonyl (C=O) groups excluding carboxylic acids is 1. The van der Waals surface area contributed by atoms with E-state index in [1.165, 1.54) is 0 Å². The minimum absolute atomic E-state index is 0.249. The molecule has 9 heteroatoms. The number of nitrogens with zero attached hydrogens (tertiary/aromatic N) is 4. The topological polar surface area (TPSA) is 83.9 Å². The molecule has 1 aliphatic rings. The predicted molar refractivity (Wildman–Crippen MR) is 135 cm³/mol. The first-order valence-electron chi connectivity index (χ1n) is 11.7. The van der Waals surface area contributed by atoms with Crippen molar-refractivity contribution in [1.29, 1.82) is 0 Å². The largest absolute Gasteiger partial charge is 0.496 e. The number of benzene rings is 1. The van der Waals surface area contributed by atoms with Crippen LogP contribution < -0.4 is 20.1 Å². The van der Waals surface area contributed by atoms with Gasteiger partial charge in [-0.1, -0.05) is 13.0 Å². The summed E-state index contributed by atoms with van der Waals surface area (Å²) in [6, 6.07) is 9.41. The lowest BCUT2D eigenvalue weighted by Crippen LogP contribution is -2.48. The Labute approximate surface area is 200 Å². The zero-order valence-electron chi connectivity index (χ0n) is 20.4. The molecule has 1 saturated heterocycles. The van der Waals surface area contributed by atoms with Gasteiger partial charge in [0.25, 0.3) is 0 Å². The minimum atomic E-state index is -0.249. The second kappa shape index (κ2) is 10.8. The van der Waals surface area contributed by atoms with Crippen molar-refractivity contribution in [2.45, 2.75) is 6.92 Å². The molecule has 34 heavy (non-hydrogen) atoms. The van der Waals surface area contributed by atoms with Crippen molar-refractivity contribution in [2.24, 2.45) is 7.05 Å². The molecule has 3 aromatic rings. The van der Waals surface area contributed by atoms with Crippen LogP contribution in [0.1, 0.15) is 6.92 Å². The van der Waals surface area contributed by atoms with Gasteiger partial charge in [-0.2, -0.15) is 0 Å². The molecule has 0 bridgehead atoms. The van der Waals surface area contributed by atoms with Crippen LogP contribution in [0.5, 0.6) is 11.5 Å². The number of urea groups is 1. The zero-order chi connectivity index (χ0) is 24.1. The van der Waals surface area contributed by atoms with E-state index in [1.807, 2.05) is 35.9 Å². The molecular formula is C25H34N6O3. The van der Waals surface area contributed by atoms with E-state index in [0.717, 1.165) is 72.9 Å². The molecule has 182 valence electrons. The third-order valence-corrected chi connectivity index (χ3v) is 6.48. The number of hydrogen-bond acceptors (Lipinski definition) is 6. The van der Waals surface area contributed by atoms with Gasteiger partial charge in [0, 0.05) is 51.7 Å². The lowest BCUT2D eigenvalue weighted by molar-refractivity contribution is 0.138. The molecule has 2 amide bonds. The molecule has 1 fully saturated rings. The van der Waals surface area contributed by atoms with Crippen molar-refractivity contribution in [2.75, 3.05) is 65.3 Å². The average molecular weight is 467 g/mol. The van der Waals surface area contributed by atoms with Crippen molar-refractivity contribution in [1.82, 2.24) is 24.7 Å². The highest BCUT2D eigenvalue weighted by Gasteiger charge is 2.18. The Morgan fingerprint density at radius 3 is 2.38 bits per heavy atom. The lowest BCUT2D eigenvalue weighted by Gasteiger charge is -2.33. The Bertz CT molecular complexity index is 1110. The number of ether oxygens (including phenoxy) is 2. The second-order valence-corrected chi connectivity index (χ2v) is 8.41. The maximum atomic E-state index is 12.4. The van der Waals surface area contributed by atoms with Crippen LogP contribution in [0.4, 0.5) is 10.6 Å². The van der Waals surface area contributed by atoms with Gasteiger partial charge >= 0.3 is 6.03 Å². The van der Waals surface area contributed by atoms with E-state index in [0.29, 0.717) is 12.4 Å². The third kappa shape index (κ3) is 5.10. The monoisotopic (exact) mass is 466 g/mol. The standard InChI is InChI=1S/C25H34N6O3/c1-5-30-11-13-31(14-12-30)10-9-26-25(32)28-23-16-18-15-19(29(2)20(18)17-27-23)24-21(33-3)7-6-8-22(24)34-4/h6-8,15-17H,5,9-14H2,1-4H3,(H2,26,27,28,32). The molecule has 3 heterocycles. The van der Waals surface area contributed by atoms with Gasteiger partial charge in [0.15, 0.2) is 0 Å². The van der Waals surface area contributed by atoms with Gasteiger partial charge in [0.05, 0.1) is 37.2 Å². The average Bonchev–Trinajstić information content (AvgIpc) is 3.18. The normalized spacial score (nSPS) is 14.8. The van der Waals surface area contributed by atoms with Crippen molar-refractivity contribution >= 4 is 22.8 Å². The first-order valence-corrected chi connectivity index (χ1v) is 11.7. The number of amides is 2. The maximum absolute atomic E-state index is 12.4. The van der Waals surface area contributed by atoms with E-state index in [9.17, 15) is 4.79 Å². The second-order valence-electron chi connectivity index (χ2n) is 8.41. The van der Waals surface area contributed by atoms with E-state index in [1.54, 1.807) is 20.4 Å². The summed E-state index contributed by atoms with van der Waals surface area (Å²) in [6.45, 7) is 9.01. The quantitative estimate of drug-likeness (QED) is 0.531. The van der Waals surface area contributed by atoms with Gasteiger partial charge in [-0.3, -0.25) is 10.2 Å². The number of fused-ring (bicyclic) bond motifs is 1. The fourth-order valence-corrected chi connectivity index (χ4v) is 4.46. The Hall–Kier alpha value is -3.30. The Morgan fingerprint density at radius 1 is 1.06 bits per heavy atom. The van der Waals surface area contributed by atoms with Crippen LogP contribution in [-0.4, -0.2) is 85.4 Å². The van der Waals surface area contributed by atoms with Crippen LogP contribution in [0.15, 0.2) is 36.5 Å². The van der Waals surface area contributed by atoms with Crippen LogP contribution in [0.3, 0.4) is 0 Å². The van der Waals surface area contributed by atoms with Gasteiger partial charge in [0.2, 0.25) is 0 Å². The number of methoxy groups -OCH3 is 2. The van der Waals surface area contributed by atoms with E-state index in [-0.39, 0.29) is 6.03 Å². The number of carbonyl (C=O) groups is 1. The predicted octanol–water partition coefficient (Wildman–Crippen LogP) is 3.02. The van der Waals surface area contributed by atoms with E-state index in [2.05, 4.69) is 38.4 Å². The summed E-state index contributed by atoms with van der Waals surface area (Å²) < 4.78 is 13.2. The molecule has 0 spiro atoms. The summed E-state index contributed by atoms with van der Waals surface area (Å²) in [4.78, 5) is 21.7. The fourth-order valence-electron chi connectivity index (χ4n) is 4.46. The molecule has 0 unspecified atom stereocenters. The first kappa shape index (κ1) is 23.8. The SMILES string of the molecule is CCN1CCN(CCNC(=O)Nc2cc3cc(-c4c(OC)cccc4OC)n(C)c3cn2)CC1.